The first kappa shape index (κ1) is 20.4. The van der Waals surface area contributed by atoms with Crippen LogP contribution in [-0.2, 0) is 6.61 Å². The van der Waals surface area contributed by atoms with Gasteiger partial charge in [0.1, 0.15) is 24.0 Å². The lowest BCUT2D eigenvalue weighted by Gasteiger charge is -2.17. The summed E-state index contributed by atoms with van der Waals surface area (Å²) in [6.45, 7) is 1.88. The monoisotopic (exact) mass is 428 g/mol. The molecule has 0 aliphatic carbocycles. The Morgan fingerprint density at radius 1 is 1.27 bits per heavy atom. The van der Waals surface area contributed by atoms with Gasteiger partial charge in [-0.25, -0.2) is 9.37 Å². The molecule has 0 amide bonds. The van der Waals surface area contributed by atoms with Crippen molar-refractivity contribution >= 4 is 17.4 Å². The van der Waals surface area contributed by atoms with Gasteiger partial charge in [0.2, 0.25) is 0 Å². The van der Waals surface area contributed by atoms with Gasteiger partial charge in [-0.3, -0.25) is 9.36 Å². The van der Waals surface area contributed by atoms with Crippen LogP contribution < -0.4 is 20.5 Å². The minimum atomic E-state index is -0.443. The van der Waals surface area contributed by atoms with E-state index in [1.165, 1.54) is 16.7 Å². The molecule has 6 nitrogen and oxygen atoms in total. The first-order valence-electron chi connectivity index (χ1n) is 9.71. The average Bonchev–Trinajstić information content (AvgIpc) is 3.23. The summed E-state index contributed by atoms with van der Waals surface area (Å²) >= 11 is 5.75. The number of rotatable bonds is 6. The van der Waals surface area contributed by atoms with E-state index in [1.807, 2.05) is 19.2 Å². The van der Waals surface area contributed by atoms with Gasteiger partial charge in [-0.1, -0.05) is 17.7 Å². The van der Waals surface area contributed by atoms with Crippen LogP contribution in [0.2, 0.25) is 5.02 Å². The van der Waals surface area contributed by atoms with E-state index < -0.39 is 5.82 Å². The van der Waals surface area contributed by atoms with E-state index in [9.17, 15) is 9.18 Å². The molecule has 1 saturated heterocycles. The van der Waals surface area contributed by atoms with Crippen LogP contribution in [0.15, 0.2) is 59.7 Å². The second-order valence-corrected chi connectivity index (χ2v) is 7.63. The summed E-state index contributed by atoms with van der Waals surface area (Å²) in [5, 5.41) is 3.61. The van der Waals surface area contributed by atoms with E-state index in [-0.39, 0.29) is 12.2 Å². The molecule has 3 heterocycles. The topological polar surface area (TPSA) is 59.4 Å². The molecule has 156 valence electrons. The fourth-order valence-electron chi connectivity index (χ4n) is 3.48. The van der Waals surface area contributed by atoms with E-state index in [2.05, 4.69) is 15.2 Å². The van der Waals surface area contributed by atoms with Gasteiger partial charge in [-0.05, 0) is 43.8 Å². The zero-order valence-corrected chi connectivity index (χ0v) is 17.3. The third-order valence-corrected chi connectivity index (χ3v) is 5.47. The molecule has 0 saturated carbocycles. The smallest absolute Gasteiger partial charge is 0.258 e. The number of pyridine rings is 2. The lowest BCUT2D eigenvalue weighted by molar-refractivity contribution is 0.299. The highest BCUT2D eigenvalue weighted by Gasteiger charge is 2.21. The van der Waals surface area contributed by atoms with E-state index in [1.54, 1.807) is 30.6 Å². The van der Waals surface area contributed by atoms with E-state index in [4.69, 9.17) is 16.3 Å². The molecule has 1 fully saturated rings. The second-order valence-electron chi connectivity index (χ2n) is 7.19. The normalized spacial score (nSPS) is 16.1. The summed E-state index contributed by atoms with van der Waals surface area (Å²) in [6.07, 6.45) is 4.40. The van der Waals surface area contributed by atoms with Gasteiger partial charge in [0.05, 0.1) is 11.9 Å². The van der Waals surface area contributed by atoms with Crippen molar-refractivity contribution < 1.29 is 9.13 Å². The number of nitrogens with zero attached hydrogens (tertiary/aromatic N) is 3. The summed E-state index contributed by atoms with van der Waals surface area (Å²) in [7, 11) is 1.97. The fraction of sp³-hybridized carbons (Fsp3) is 0.273. The molecule has 0 bridgehead atoms. The number of hydrogen-bond donors (Lipinski definition) is 1. The predicted octanol–water partition coefficient (Wildman–Crippen LogP) is 3.40. The zero-order chi connectivity index (χ0) is 21.1. The molecule has 1 N–H and O–H groups in total. The van der Waals surface area contributed by atoms with Crippen LogP contribution in [-0.4, -0.2) is 35.7 Å². The Kier molecular flexibility index (Phi) is 6.01. The Morgan fingerprint density at radius 2 is 2.13 bits per heavy atom. The number of anilines is 1. The highest BCUT2D eigenvalue weighted by molar-refractivity contribution is 6.30. The molecule has 2 aromatic heterocycles. The number of aromatic nitrogens is 2. The van der Waals surface area contributed by atoms with E-state index in [0.717, 1.165) is 25.3 Å². The van der Waals surface area contributed by atoms with Crippen LogP contribution in [0.5, 0.6) is 5.75 Å². The minimum absolute atomic E-state index is 0.00611. The summed E-state index contributed by atoms with van der Waals surface area (Å²) in [5.41, 5.74) is 0.782. The van der Waals surface area contributed by atoms with Gasteiger partial charge in [0.25, 0.3) is 5.56 Å². The van der Waals surface area contributed by atoms with Crippen LogP contribution >= 0.6 is 11.6 Å². The molecule has 1 aliphatic rings. The van der Waals surface area contributed by atoms with Crippen molar-refractivity contribution in [1.82, 2.24) is 14.9 Å². The number of hydrogen-bond acceptors (Lipinski definition) is 5. The average molecular weight is 429 g/mol. The van der Waals surface area contributed by atoms with Crippen LogP contribution in [0.25, 0.3) is 5.69 Å². The van der Waals surface area contributed by atoms with Crippen molar-refractivity contribution in [2.75, 3.05) is 25.0 Å². The van der Waals surface area contributed by atoms with Crippen LogP contribution in [0, 0.1) is 5.82 Å². The maximum atomic E-state index is 13.9. The van der Waals surface area contributed by atoms with Crippen molar-refractivity contribution in [1.29, 1.82) is 0 Å². The largest absolute Gasteiger partial charge is 0.489 e. The molecule has 30 heavy (non-hydrogen) atoms. The maximum Gasteiger partial charge on any atom is 0.258 e. The molecule has 3 aromatic rings. The third-order valence-electron chi connectivity index (χ3n) is 5.23. The first-order valence-corrected chi connectivity index (χ1v) is 10.1. The lowest BCUT2D eigenvalue weighted by Crippen LogP contribution is -2.29. The van der Waals surface area contributed by atoms with Crippen molar-refractivity contribution in [3.63, 3.8) is 0 Å². The van der Waals surface area contributed by atoms with Crippen LogP contribution in [0.3, 0.4) is 0 Å². The first-order chi connectivity index (χ1) is 14.5. The number of nitrogens with one attached hydrogen (secondary N) is 1. The van der Waals surface area contributed by atoms with Gasteiger partial charge in [-0.15, -0.1) is 0 Å². The minimum Gasteiger partial charge on any atom is -0.489 e. The third kappa shape index (κ3) is 4.47. The molecule has 1 aromatic carbocycles. The van der Waals surface area contributed by atoms with Gasteiger partial charge >= 0.3 is 0 Å². The van der Waals surface area contributed by atoms with Gasteiger partial charge in [-0.2, -0.15) is 0 Å². The Morgan fingerprint density at radius 3 is 2.80 bits per heavy atom. The molecule has 0 unspecified atom stereocenters. The predicted molar refractivity (Wildman–Crippen MR) is 115 cm³/mol. The Bertz CT molecular complexity index is 1090. The SMILES string of the molecule is CN[C@H]1CCN(c2ccc(-n3ccc(OCc4ccc(Cl)cc4F)cc3=O)cn2)C1. The summed E-state index contributed by atoms with van der Waals surface area (Å²) < 4.78 is 20.9. The molecule has 4 rings (SSSR count). The van der Waals surface area contributed by atoms with Crippen molar-refractivity contribution in [3.8, 4) is 11.4 Å². The summed E-state index contributed by atoms with van der Waals surface area (Å²) in [5.74, 6) is 0.820. The van der Waals surface area contributed by atoms with Gasteiger partial charge < -0.3 is 15.0 Å². The van der Waals surface area contributed by atoms with Gasteiger partial charge in [0, 0.05) is 42.0 Å². The highest BCUT2D eigenvalue weighted by Crippen LogP contribution is 2.20. The molecule has 0 spiro atoms. The molecule has 1 atom stereocenters. The summed E-state index contributed by atoms with van der Waals surface area (Å²) in [6, 6.07) is 11.7. The molecular formula is C22H22ClFN4O2. The molecule has 8 heteroatoms. The van der Waals surface area contributed by atoms with Crippen LogP contribution in [0.4, 0.5) is 10.2 Å². The van der Waals surface area contributed by atoms with E-state index in [0.29, 0.717) is 28.1 Å². The van der Waals surface area contributed by atoms with Crippen LogP contribution in [0.1, 0.15) is 12.0 Å². The fourth-order valence-corrected chi connectivity index (χ4v) is 3.63. The molecule has 1 aliphatic heterocycles. The lowest BCUT2D eigenvalue weighted by atomic mass is 10.2. The summed E-state index contributed by atoms with van der Waals surface area (Å²) in [4.78, 5) is 19.3. The number of halogens is 2. The van der Waals surface area contributed by atoms with Crippen molar-refractivity contribution in [2.24, 2.45) is 0 Å². The maximum absolute atomic E-state index is 13.9. The quantitative estimate of drug-likeness (QED) is 0.652. The number of likely N-dealkylation sites (N-methyl/N-ethyl adjacent to an activating group) is 1. The van der Waals surface area contributed by atoms with E-state index >= 15 is 0 Å². The van der Waals surface area contributed by atoms with Crippen molar-refractivity contribution in [2.45, 2.75) is 19.1 Å². The standard InChI is InChI=1S/C22H22ClFN4O2/c1-25-17-6-8-27(13-17)21-5-4-18(12-26-21)28-9-7-19(11-22(28)29)30-14-15-2-3-16(23)10-20(15)24/h2-5,7,9-12,17,25H,6,8,13-14H2,1H3/t17-/m0/s1. The Balaban J connectivity index is 1.44. The van der Waals surface area contributed by atoms with Gasteiger partial charge in [0.15, 0.2) is 0 Å². The highest BCUT2D eigenvalue weighted by atomic mass is 35.5. The van der Waals surface area contributed by atoms with Crippen molar-refractivity contribution in [3.05, 3.63) is 81.6 Å². The number of benzene rings is 1. The second kappa shape index (κ2) is 8.85. The Labute approximate surface area is 178 Å². The number of ether oxygens (including phenoxy) is 1. The zero-order valence-electron chi connectivity index (χ0n) is 16.5. The molecule has 0 radical (unpaired) electrons. The Hall–Kier alpha value is -2.90. The molecular weight excluding hydrogens is 407 g/mol.